The zero-order valence-corrected chi connectivity index (χ0v) is 9.01. The van der Waals surface area contributed by atoms with Gasteiger partial charge in [0.1, 0.15) is 5.82 Å². The SMILES string of the molecule is Cc1cc2n(n1)CCN2C(=O)CCC(=O)O. The standard InChI is InChI=1S/C10H13N3O3/c1-7-6-8-12(4-5-13(8)11-7)9(14)2-3-10(15)16/h6H,2-5H2,1H3,(H,15,16). The molecule has 1 aliphatic rings. The third-order valence-electron chi connectivity index (χ3n) is 2.55. The number of rotatable bonds is 3. The lowest BCUT2D eigenvalue weighted by atomic mass is 10.3. The largest absolute Gasteiger partial charge is 0.481 e. The molecule has 6 heteroatoms. The van der Waals surface area contributed by atoms with Gasteiger partial charge in [-0.05, 0) is 6.92 Å². The Morgan fingerprint density at radius 2 is 2.19 bits per heavy atom. The molecule has 0 fully saturated rings. The highest BCUT2D eigenvalue weighted by Gasteiger charge is 2.25. The van der Waals surface area contributed by atoms with Crippen LogP contribution >= 0.6 is 0 Å². The fourth-order valence-electron chi connectivity index (χ4n) is 1.82. The van der Waals surface area contributed by atoms with Crippen LogP contribution in [-0.2, 0) is 16.1 Å². The number of aromatic nitrogens is 2. The Balaban J connectivity index is 2.06. The number of aryl methyl sites for hydroxylation is 1. The number of carboxylic acids is 1. The molecule has 0 saturated heterocycles. The van der Waals surface area contributed by atoms with Gasteiger partial charge in [-0.2, -0.15) is 5.10 Å². The second-order valence-electron chi connectivity index (χ2n) is 3.81. The summed E-state index contributed by atoms with van der Waals surface area (Å²) in [4.78, 5) is 23.7. The Kier molecular flexibility index (Phi) is 2.64. The van der Waals surface area contributed by atoms with Crippen LogP contribution in [0.1, 0.15) is 18.5 Å². The molecule has 86 valence electrons. The fraction of sp³-hybridized carbons (Fsp3) is 0.500. The summed E-state index contributed by atoms with van der Waals surface area (Å²) in [6, 6.07) is 1.84. The van der Waals surface area contributed by atoms with Crippen LogP contribution in [0.3, 0.4) is 0 Å². The van der Waals surface area contributed by atoms with Crippen LogP contribution in [0.2, 0.25) is 0 Å². The highest BCUT2D eigenvalue weighted by molar-refractivity contribution is 5.94. The molecule has 2 rings (SSSR count). The summed E-state index contributed by atoms with van der Waals surface area (Å²) in [5.41, 5.74) is 0.866. The molecule has 1 aromatic rings. The molecule has 0 aromatic carbocycles. The van der Waals surface area contributed by atoms with Crippen molar-refractivity contribution in [1.29, 1.82) is 0 Å². The lowest BCUT2D eigenvalue weighted by Crippen LogP contribution is -2.29. The highest BCUT2D eigenvalue weighted by atomic mass is 16.4. The van der Waals surface area contributed by atoms with E-state index in [1.165, 1.54) is 0 Å². The molecule has 0 unspecified atom stereocenters. The van der Waals surface area contributed by atoms with Gasteiger partial charge in [0, 0.05) is 19.0 Å². The molecule has 0 saturated carbocycles. The van der Waals surface area contributed by atoms with E-state index >= 15 is 0 Å². The number of carboxylic acid groups (broad SMARTS) is 1. The normalized spacial score (nSPS) is 13.9. The third kappa shape index (κ3) is 1.91. The molecule has 1 amide bonds. The Hall–Kier alpha value is -1.85. The molecule has 1 aromatic heterocycles. The Labute approximate surface area is 92.5 Å². The van der Waals surface area contributed by atoms with E-state index in [-0.39, 0.29) is 18.7 Å². The van der Waals surface area contributed by atoms with Crippen molar-refractivity contribution in [2.75, 3.05) is 11.4 Å². The predicted molar refractivity (Wildman–Crippen MR) is 56.2 cm³/mol. The lowest BCUT2D eigenvalue weighted by Gasteiger charge is -2.13. The Morgan fingerprint density at radius 3 is 2.88 bits per heavy atom. The van der Waals surface area contributed by atoms with Gasteiger partial charge < -0.3 is 5.11 Å². The lowest BCUT2D eigenvalue weighted by molar-refractivity contribution is -0.138. The van der Waals surface area contributed by atoms with Crippen LogP contribution in [0.4, 0.5) is 5.82 Å². The number of nitrogens with zero attached hydrogens (tertiary/aromatic N) is 3. The van der Waals surface area contributed by atoms with Crippen molar-refractivity contribution >= 4 is 17.7 Å². The first-order chi connectivity index (χ1) is 7.58. The van der Waals surface area contributed by atoms with Crippen LogP contribution in [0.25, 0.3) is 0 Å². The minimum atomic E-state index is -0.947. The predicted octanol–water partition coefficient (Wildman–Crippen LogP) is 0.403. The molecule has 0 aliphatic carbocycles. The van der Waals surface area contributed by atoms with Crippen molar-refractivity contribution in [2.24, 2.45) is 0 Å². The number of hydrogen-bond donors (Lipinski definition) is 1. The minimum absolute atomic E-state index is 0.0412. The van der Waals surface area contributed by atoms with Crippen molar-refractivity contribution in [3.63, 3.8) is 0 Å². The van der Waals surface area contributed by atoms with E-state index in [9.17, 15) is 9.59 Å². The monoisotopic (exact) mass is 223 g/mol. The molecule has 0 radical (unpaired) electrons. The summed E-state index contributed by atoms with van der Waals surface area (Å²) >= 11 is 0. The van der Waals surface area contributed by atoms with Crippen LogP contribution in [0.15, 0.2) is 6.07 Å². The first-order valence-electron chi connectivity index (χ1n) is 5.14. The number of carbonyl (C=O) groups excluding carboxylic acids is 1. The maximum absolute atomic E-state index is 11.7. The van der Waals surface area contributed by atoms with Crippen LogP contribution in [-0.4, -0.2) is 33.3 Å². The molecule has 2 heterocycles. The Morgan fingerprint density at radius 1 is 1.44 bits per heavy atom. The number of fused-ring (bicyclic) bond motifs is 1. The van der Waals surface area contributed by atoms with Crippen molar-refractivity contribution in [3.8, 4) is 0 Å². The van der Waals surface area contributed by atoms with E-state index in [4.69, 9.17) is 5.11 Å². The summed E-state index contributed by atoms with van der Waals surface area (Å²) in [5, 5.41) is 12.7. The van der Waals surface area contributed by atoms with E-state index in [1.54, 1.807) is 9.58 Å². The van der Waals surface area contributed by atoms with Crippen LogP contribution in [0, 0.1) is 6.92 Å². The number of aliphatic carboxylic acids is 1. The Bertz CT molecular complexity index is 439. The highest BCUT2D eigenvalue weighted by Crippen LogP contribution is 2.22. The van der Waals surface area contributed by atoms with Gasteiger partial charge in [0.15, 0.2) is 0 Å². The van der Waals surface area contributed by atoms with E-state index in [0.29, 0.717) is 13.1 Å². The summed E-state index contributed by atoms with van der Waals surface area (Å²) in [7, 11) is 0. The molecule has 1 aliphatic heterocycles. The number of carbonyl (C=O) groups is 2. The first kappa shape index (κ1) is 10.7. The number of amides is 1. The molecule has 0 bridgehead atoms. The van der Waals surface area contributed by atoms with Gasteiger partial charge in [0.25, 0.3) is 0 Å². The minimum Gasteiger partial charge on any atom is -0.481 e. The van der Waals surface area contributed by atoms with Gasteiger partial charge in [0.2, 0.25) is 5.91 Å². The maximum Gasteiger partial charge on any atom is 0.303 e. The van der Waals surface area contributed by atoms with Gasteiger partial charge in [0.05, 0.1) is 18.7 Å². The topological polar surface area (TPSA) is 75.4 Å². The van der Waals surface area contributed by atoms with Gasteiger partial charge in [-0.3, -0.25) is 14.5 Å². The van der Waals surface area contributed by atoms with Gasteiger partial charge in [-0.15, -0.1) is 0 Å². The molecule has 1 N–H and O–H groups in total. The molecular formula is C10H13N3O3. The number of hydrogen-bond acceptors (Lipinski definition) is 3. The van der Waals surface area contributed by atoms with E-state index in [0.717, 1.165) is 11.5 Å². The number of anilines is 1. The molecule has 0 atom stereocenters. The van der Waals surface area contributed by atoms with E-state index in [2.05, 4.69) is 5.10 Å². The average Bonchev–Trinajstić information content (AvgIpc) is 2.72. The quantitative estimate of drug-likeness (QED) is 0.804. The van der Waals surface area contributed by atoms with E-state index < -0.39 is 5.97 Å². The summed E-state index contributed by atoms with van der Waals surface area (Å²) < 4.78 is 1.77. The van der Waals surface area contributed by atoms with Crippen molar-refractivity contribution < 1.29 is 14.7 Å². The van der Waals surface area contributed by atoms with Gasteiger partial charge in [-0.1, -0.05) is 0 Å². The molecular weight excluding hydrogens is 210 g/mol. The van der Waals surface area contributed by atoms with Crippen molar-refractivity contribution in [3.05, 3.63) is 11.8 Å². The zero-order valence-electron chi connectivity index (χ0n) is 9.01. The average molecular weight is 223 g/mol. The summed E-state index contributed by atoms with van der Waals surface area (Å²) in [6.07, 6.45) is -0.0813. The van der Waals surface area contributed by atoms with Crippen LogP contribution < -0.4 is 4.90 Å². The smallest absolute Gasteiger partial charge is 0.303 e. The summed E-state index contributed by atoms with van der Waals surface area (Å²) in [6.45, 7) is 3.13. The fourth-order valence-corrected chi connectivity index (χ4v) is 1.82. The first-order valence-corrected chi connectivity index (χ1v) is 5.14. The van der Waals surface area contributed by atoms with Crippen molar-refractivity contribution in [1.82, 2.24) is 9.78 Å². The summed E-state index contributed by atoms with van der Waals surface area (Å²) in [5.74, 6) is -0.328. The second kappa shape index (κ2) is 3.96. The molecule has 16 heavy (non-hydrogen) atoms. The molecule has 6 nitrogen and oxygen atoms in total. The third-order valence-corrected chi connectivity index (χ3v) is 2.55. The van der Waals surface area contributed by atoms with Gasteiger partial charge >= 0.3 is 5.97 Å². The van der Waals surface area contributed by atoms with Crippen LogP contribution in [0.5, 0.6) is 0 Å². The second-order valence-corrected chi connectivity index (χ2v) is 3.81. The maximum atomic E-state index is 11.7. The zero-order chi connectivity index (χ0) is 11.7. The van der Waals surface area contributed by atoms with E-state index in [1.807, 2.05) is 13.0 Å². The van der Waals surface area contributed by atoms with Gasteiger partial charge in [-0.25, -0.2) is 4.68 Å². The molecule has 0 spiro atoms. The van der Waals surface area contributed by atoms with Crippen molar-refractivity contribution in [2.45, 2.75) is 26.3 Å².